The van der Waals surface area contributed by atoms with E-state index < -0.39 is 11.7 Å². The highest BCUT2D eigenvalue weighted by Crippen LogP contribution is 2.28. The van der Waals surface area contributed by atoms with Crippen LogP contribution in [0, 0.1) is 6.92 Å². The van der Waals surface area contributed by atoms with Crippen LogP contribution in [0.15, 0.2) is 18.2 Å². The van der Waals surface area contributed by atoms with E-state index in [-0.39, 0.29) is 0 Å². The van der Waals surface area contributed by atoms with Crippen LogP contribution < -0.4 is 5.46 Å². The van der Waals surface area contributed by atoms with Gasteiger partial charge >= 0.3 is 6.18 Å². The van der Waals surface area contributed by atoms with E-state index in [0.717, 1.165) is 5.46 Å². The molecule has 0 N–H and O–H groups in total. The third-order valence-corrected chi connectivity index (χ3v) is 1.87. The van der Waals surface area contributed by atoms with Gasteiger partial charge in [-0.25, -0.2) is 0 Å². The molecule has 0 atom stereocenters. The lowest BCUT2D eigenvalue weighted by molar-refractivity contribution is -0.137. The second kappa shape index (κ2) is 3.44. The average molecular weight is 186 g/mol. The fourth-order valence-electron chi connectivity index (χ4n) is 1.23. The third-order valence-electron chi connectivity index (χ3n) is 1.87. The van der Waals surface area contributed by atoms with Crippen molar-refractivity contribution in [3.8, 4) is 0 Å². The Morgan fingerprint density at radius 2 is 1.77 bits per heavy atom. The fourth-order valence-corrected chi connectivity index (χ4v) is 1.23. The van der Waals surface area contributed by atoms with Gasteiger partial charge in [0.2, 0.25) is 0 Å². The van der Waals surface area contributed by atoms with E-state index in [1.54, 1.807) is 13.0 Å². The van der Waals surface area contributed by atoms with Crippen molar-refractivity contribution in [2.45, 2.75) is 19.9 Å². The molecule has 13 heavy (non-hydrogen) atoms. The molecule has 0 aliphatic rings. The molecule has 0 nitrogen and oxygen atoms in total. The summed E-state index contributed by atoms with van der Waals surface area (Å²) in [6, 6.07) is 4.14. The van der Waals surface area contributed by atoms with Gasteiger partial charge in [0.05, 0.1) is 5.56 Å². The maximum absolute atomic E-state index is 12.3. The maximum atomic E-state index is 12.3. The number of hydrogen-bond donors (Lipinski definition) is 0. The predicted octanol–water partition coefficient (Wildman–Crippen LogP) is 2.12. The number of rotatable bonds is 1. The lowest BCUT2D eigenvalue weighted by atomic mass is 9.72. The van der Waals surface area contributed by atoms with Crippen LogP contribution in [0.2, 0.25) is 6.82 Å². The zero-order chi connectivity index (χ0) is 10.1. The van der Waals surface area contributed by atoms with Gasteiger partial charge < -0.3 is 0 Å². The largest absolute Gasteiger partial charge is 0.416 e. The second-order valence-corrected chi connectivity index (χ2v) is 3.06. The molecule has 0 aromatic heterocycles. The Morgan fingerprint density at radius 1 is 1.15 bits per heavy atom. The SMILES string of the molecule is CBc1cc(C)cc(C(F)(F)F)c1. The van der Waals surface area contributed by atoms with Gasteiger partial charge in [0, 0.05) is 0 Å². The zero-order valence-electron chi connectivity index (χ0n) is 7.57. The van der Waals surface area contributed by atoms with Crippen molar-refractivity contribution >= 4 is 12.7 Å². The van der Waals surface area contributed by atoms with Gasteiger partial charge in [0.1, 0.15) is 0 Å². The van der Waals surface area contributed by atoms with Crippen LogP contribution in [0.1, 0.15) is 11.1 Å². The monoisotopic (exact) mass is 186 g/mol. The predicted molar refractivity (Wildman–Crippen MR) is 48.8 cm³/mol. The minimum Gasteiger partial charge on any atom is -0.166 e. The van der Waals surface area contributed by atoms with E-state index in [4.69, 9.17) is 0 Å². The highest BCUT2D eigenvalue weighted by Gasteiger charge is 2.30. The minimum absolute atomic E-state index is 0.552. The average Bonchev–Trinajstić information content (AvgIpc) is 2.01. The summed E-state index contributed by atoms with van der Waals surface area (Å²) in [5.41, 5.74) is 0.836. The number of halogens is 3. The Hall–Kier alpha value is -0.925. The van der Waals surface area contributed by atoms with Crippen molar-refractivity contribution in [2.75, 3.05) is 0 Å². The molecule has 70 valence electrons. The van der Waals surface area contributed by atoms with Gasteiger partial charge in [-0.15, -0.1) is 0 Å². The van der Waals surface area contributed by atoms with E-state index in [9.17, 15) is 13.2 Å². The molecule has 0 aliphatic heterocycles. The molecular weight excluding hydrogens is 176 g/mol. The molecule has 0 saturated heterocycles. The van der Waals surface area contributed by atoms with E-state index in [2.05, 4.69) is 0 Å². The normalized spacial score (nSPS) is 11.5. The zero-order valence-corrected chi connectivity index (χ0v) is 7.57. The van der Waals surface area contributed by atoms with Crippen LogP contribution in [0.3, 0.4) is 0 Å². The molecule has 1 rings (SSSR count). The number of benzene rings is 1. The fraction of sp³-hybridized carbons (Fsp3) is 0.333. The molecule has 0 fully saturated rings. The van der Waals surface area contributed by atoms with E-state index in [0.29, 0.717) is 12.8 Å². The summed E-state index contributed by atoms with van der Waals surface area (Å²) in [6.45, 7) is 3.52. The molecular formula is C9H10BF3. The van der Waals surface area contributed by atoms with Crippen LogP contribution in [0.4, 0.5) is 13.2 Å². The van der Waals surface area contributed by atoms with Gasteiger partial charge in [-0.2, -0.15) is 13.2 Å². The summed E-state index contributed by atoms with van der Waals surface area (Å²) in [6.07, 6.45) is -4.23. The summed E-state index contributed by atoms with van der Waals surface area (Å²) in [5, 5.41) is 0. The molecule has 0 unspecified atom stereocenters. The Bertz CT molecular complexity index is 304. The molecule has 0 saturated carbocycles. The number of alkyl halides is 3. The lowest BCUT2D eigenvalue weighted by Gasteiger charge is -2.09. The third kappa shape index (κ3) is 2.51. The maximum Gasteiger partial charge on any atom is 0.416 e. The Morgan fingerprint density at radius 3 is 2.23 bits per heavy atom. The summed E-state index contributed by atoms with van der Waals surface area (Å²) < 4.78 is 36.9. The van der Waals surface area contributed by atoms with Crippen LogP contribution >= 0.6 is 0 Å². The number of aryl methyl sites for hydroxylation is 1. The minimum atomic E-state index is -4.23. The van der Waals surface area contributed by atoms with Crippen molar-refractivity contribution in [3.63, 3.8) is 0 Å². The van der Waals surface area contributed by atoms with E-state index in [1.807, 2.05) is 6.82 Å². The molecule has 0 amide bonds. The van der Waals surface area contributed by atoms with Crippen molar-refractivity contribution in [3.05, 3.63) is 29.3 Å². The van der Waals surface area contributed by atoms with Crippen LogP contribution in [-0.4, -0.2) is 7.28 Å². The van der Waals surface area contributed by atoms with Gasteiger partial charge in [-0.3, -0.25) is 0 Å². The molecule has 1 aromatic carbocycles. The first kappa shape index (κ1) is 10.2. The van der Waals surface area contributed by atoms with Crippen molar-refractivity contribution < 1.29 is 13.2 Å². The molecule has 0 heterocycles. The topological polar surface area (TPSA) is 0 Å². The van der Waals surface area contributed by atoms with Gasteiger partial charge in [-0.1, -0.05) is 30.0 Å². The Labute approximate surface area is 76.0 Å². The first-order valence-corrected chi connectivity index (χ1v) is 4.11. The standard InChI is InChI=1S/C9H10BF3/c1-6-3-7(9(11,12)13)5-8(4-6)10-2/h3-5,10H,1-2H3. The summed E-state index contributed by atoms with van der Waals surface area (Å²) in [7, 11) is 0.630. The van der Waals surface area contributed by atoms with Crippen LogP contribution in [-0.2, 0) is 6.18 Å². The first-order valence-electron chi connectivity index (χ1n) is 4.11. The first-order chi connectivity index (χ1) is 5.93. The Kier molecular flexibility index (Phi) is 2.69. The Balaban J connectivity index is 3.16. The molecule has 0 spiro atoms. The summed E-state index contributed by atoms with van der Waals surface area (Å²) in [4.78, 5) is 0. The van der Waals surface area contributed by atoms with Gasteiger partial charge in [0.15, 0.2) is 7.28 Å². The smallest absolute Gasteiger partial charge is 0.166 e. The lowest BCUT2D eigenvalue weighted by Crippen LogP contribution is -2.16. The molecule has 0 radical (unpaired) electrons. The molecule has 4 heteroatoms. The van der Waals surface area contributed by atoms with Gasteiger partial charge in [0.25, 0.3) is 0 Å². The highest BCUT2D eigenvalue weighted by atomic mass is 19.4. The van der Waals surface area contributed by atoms with E-state index >= 15 is 0 Å². The molecule has 0 bridgehead atoms. The van der Waals surface area contributed by atoms with Crippen molar-refractivity contribution in [1.82, 2.24) is 0 Å². The molecule has 0 aliphatic carbocycles. The van der Waals surface area contributed by atoms with Crippen molar-refractivity contribution in [1.29, 1.82) is 0 Å². The van der Waals surface area contributed by atoms with Crippen LogP contribution in [0.5, 0.6) is 0 Å². The highest BCUT2D eigenvalue weighted by molar-refractivity contribution is 6.51. The quantitative estimate of drug-likeness (QED) is 0.589. The summed E-state index contributed by atoms with van der Waals surface area (Å²) >= 11 is 0. The number of hydrogen-bond acceptors (Lipinski definition) is 0. The second-order valence-electron chi connectivity index (χ2n) is 3.06. The van der Waals surface area contributed by atoms with Crippen LogP contribution in [0.25, 0.3) is 0 Å². The van der Waals surface area contributed by atoms with E-state index in [1.165, 1.54) is 12.1 Å². The molecule has 1 aromatic rings. The summed E-state index contributed by atoms with van der Waals surface area (Å²) in [5.74, 6) is 0. The van der Waals surface area contributed by atoms with Crippen molar-refractivity contribution in [2.24, 2.45) is 0 Å². The van der Waals surface area contributed by atoms with Gasteiger partial charge in [-0.05, 0) is 13.0 Å².